The number of ether oxygens (including phenoxy) is 1. The van der Waals surface area contributed by atoms with Crippen LogP contribution in [0.2, 0.25) is 0 Å². The second kappa shape index (κ2) is 7.97. The third-order valence-corrected chi connectivity index (χ3v) is 4.45. The number of rotatable bonds is 6. The Morgan fingerprint density at radius 3 is 2.29 bits per heavy atom. The minimum atomic E-state index is -0.146. The quantitative estimate of drug-likeness (QED) is 0.888. The summed E-state index contributed by atoms with van der Waals surface area (Å²) in [4.78, 5) is 14.7. The molecule has 3 rings (SSSR count). The fourth-order valence-electron chi connectivity index (χ4n) is 3.15. The molecule has 24 heavy (non-hydrogen) atoms. The lowest BCUT2D eigenvalue weighted by atomic mass is 9.98. The molecule has 1 heterocycles. The number of carbonyl (C=O) groups excluding carboxylic acids is 1. The van der Waals surface area contributed by atoms with Crippen molar-refractivity contribution in [2.24, 2.45) is 0 Å². The van der Waals surface area contributed by atoms with Gasteiger partial charge < -0.3 is 10.1 Å². The summed E-state index contributed by atoms with van der Waals surface area (Å²) in [5.74, 6) is 0.885. The number of likely N-dealkylation sites (tertiary alicyclic amines) is 1. The number of amides is 1. The van der Waals surface area contributed by atoms with E-state index in [1.807, 2.05) is 54.6 Å². The van der Waals surface area contributed by atoms with Crippen molar-refractivity contribution >= 4 is 5.91 Å². The zero-order valence-electron chi connectivity index (χ0n) is 14.1. The molecule has 1 N–H and O–H groups in total. The molecule has 1 aliphatic rings. The number of hydrogen-bond donors (Lipinski definition) is 1. The van der Waals surface area contributed by atoms with E-state index in [9.17, 15) is 4.79 Å². The van der Waals surface area contributed by atoms with Crippen LogP contribution in [0.3, 0.4) is 0 Å². The molecule has 1 saturated heterocycles. The van der Waals surface area contributed by atoms with Gasteiger partial charge in [0.25, 0.3) is 0 Å². The highest BCUT2D eigenvalue weighted by Gasteiger charge is 2.20. The Morgan fingerprint density at radius 2 is 1.67 bits per heavy atom. The molecule has 0 radical (unpaired) electrons. The fourth-order valence-corrected chi connectivity index (χ4v) is 3.15. The molecule has 1 amide bonds. The average Bonchev–Trinajstić information content (AvgIpc) is 3.13. The first-order valence-electron chi connectivity index (χ1n) is 8.47. The van der Waals surface area contributed by atoms with Crippen LogP contribution < -0.4 is 10.1 Å². The van der Waals surface area contributed by atoms with E-state index in [0.717, 1.165) is 30.0 Å². The fraction of sp³-hybridized carbons (Fsp3) is 0.350. The molecule has 0 spiro atoms. The lowest BCUT2D eigenvalue weighted by molar-refractivity contribution is -0.122. The van der Waals surface area contributed by atoms with Crippen LogP contribution in [0.25, 0.3) is 0 Å². The van der Waals surface area contributed by atoms with Gasteiger partial charge in [-0.05, 0) is 49.2 Å². The molecular formula is C20H24N2O2. The predicted octanol–water partition coefficient (Wildman–Crippen LogP) is 3.00. The van der Waals surface area contributed by atoms with Crippen molar-refractivity contribution in [3.63, 3.8) is 0 Å². The zero-order valence-corrected chi connectivity index (χ0v) is 14.1. The summed E-state index contributed by atoms with van der Waals surface area (Å²) in [5, 5.41) is 3.19. The van der Waals surface area contributed by atoms with E-state index in [1.54, 1.807) is 7.11 Å². The first-order valence-corrected chi connectivity index (χ1v) is 8.47. The smallest absolute Gasteiger partial charge is 0.234 e. The van der Waals surface area contributed by atoms with Gasteiger partial charge in [0.1, 0.15) is 5.75 Å². The van der Waals surface area contributed by atoms with Gasteiger partial charge in [-0.15, -0.1) is 0 Å². The van der Waals surface area contributed by atoms with Gasteiger partial charge in [-0.1, -0.05) is 42.5 Å². The van der Waals surface area contributed by atoms with Gasteiger partial charge in [0.15, 0.2) is 0 Å². The van der Waals surface area contributed by atoms with E-state index in [2.05, 4.69) is 10.2 Å². The van der Waals surface area contributed by atoms with Crippen molar-refractivity contribution in [3.8, 4) is 5.75 Å². The van der Waals surface area contributed by atoms with Crippen LogP contribution in [0.4, 0.5) is 0 Å². The molecule has 1 aliphatic heterocycles. The molecule has 4 heteroatoms. The van der Waals surface area contributed by atoms with Gasteiger partial charge in [-0.25, -0.2) is 0 Å². The highest BCUT2D eigenvalue weighted by Crippen LogP contribution is 2.24. The Kier molecular flexibility index (Phi) is 5.49. The third-order valence-electron chi connectivity index (χ3n) is 4.45. The summed E-state index contributed by atoms with van der Waals surface area (Å²) < 4.78 is 5.23. The van der Waals surface area contributed by atoms with Crippen molar-refractivity contribution < 1.29 is 9.53 Å². The van der Waals surface area contributed by atoms with Crippen molar-refractivity contribution in [1.82, 2.24) is 10.2 Å². The van der Waals surface area contributed by atoms with E-state index >= 15 is 0 Å². The summed E-state index contributed by atoms with van der Waals surface area (Å²) in [5.41, 5.74) is 2.13. The number of carbonyl (C=O) groups is 1. The highest BCUT2D eigenvalue weighted by molar-refractivity contribution is 5.79. The van der Waals surface area contributed by atoms with Crippen LogP contribution in [0.15, 0.2) is 54.6 Å². The van der Waals surface area contributed by atoms with Gasteiger partial charge >= 0.3 is 0 Å². The Balaban J connectivity index is 1.77. The van der Waals surface area contributed by atoms with Crippen LogP contribution in [-0.4, -0.2) is 37.6 Å². The summed E-state index contributed by atoms with van der Waals surface area (Å²) in [6, 6.07) is 17.8. The summed E-state index contributed by atoms with van der Waals surface area (Å²) in [6.45, 7) is 2.51. The Labute approximate surface area is 143 Å². The maximum absolute atomic E-state index is 12.5. The summed E-state index contributed by atoms with van der Waals surface area (Å²) >= 11 is 0. The number of benzene rings is 2. The molecule has 0 saturated carbocycles. The molecule has 0 aliphatic carbocycles. The van der Waals surface area contributed by atoms with Crippen LogP contribution in [-0.2, 0) is 4.79 Å². The third kappa shape index (κ3) is 4.15. The van der Waals surface area contributed by atoms with Gasteiger partial charge in [0.05, 0.1) is 19.7 Å². The maximum atomic E-state index is 12.5. The molecule has 126 valence electrons. The first kappa shape index (κ1) is 16.5. The minimum absolute atomic E-state index is 0.0709. The van der Waals surface area contributed by atoms with Crippen LogP contribution in [0.1, 0.15) is 30.0 Å². The van der Waals surface area contributed by atoms with E-state index in [-0.39, 0.29) is 11.9 Å². The first-order chi connectivity index (χ1) is 11.8. The lowest BCUT2D eigenvalue weighted by Gasteiger charge is -2.22. The molecule has 0 bridgehead atoms. The average molecular weight is 324 g/mol. The van der Waals surface area contributed by atoms with Gasteiger partial charge in [0.2, 0.25) is 5.91 Å². The SMILES string of the molecule is COc1ccc([C@H](NC(=O)CN2CCCC2)c2ccccc2)cc1. The number of nitrogens with one attached hydrogen (secondary N) is 1. The Bertz CT molecular complexity index is 649. The number of hydrogen-bond acceptors (Lipinski definition) is 3. The molecule has 1 fully saturated rings. The van der Waals surface area contributed by atoms with Crippen LogP contribution >= 0.6 is 0 Å². The second-order valence-corrected chi connectivity index (χ2v) is 6.17. The Morgan fingerprint density at radius 1 is 1.04 bits per heavy atom. The normalized spacial score (nSPS) is 15.9. The molecular weight excluding hydrogens is 300 g/mol. The summed E-state index contributed by atoms with van der Waals surface area (Å²) in [7, 11) is 1.65. The lowest BCUT2D eigenvalue weighted by Crippen LogP contribution is -2.38. The van der Waals surface area contributed by atoms with Gasteiger partial charge in [-0.3, -0.25) is 9.69 Å². The largest absolute Gasteiger partial charge is 0.497 e. The van der Waals surface area contributed by atoms with Crippen molar-refractivity contribution in [1.29, 1.82) is 0 Å². The number of nitrogens with zero attached hydrogens (tertiary/aromatic N) is 1. The second-order valence-electron chi connectivity index (χ2n) is 6.17. The number of methoxy groups -OCH3 is 1. The van der Waals surface area contributed by atoms with Crippen molar-refractivity contribution in [2.45, 2.75) is 18.9 Å². The van der Waals surface area contributed by atoms with Crippen LogP contribution in [0, 0.1) is 0 Å². The molecule has 4 nitrogen and oxygen atoms in total. The maximum Gasteiger partial charge on any atom is 0.234 e. The molecule has 2 aromatic carbocycles. The standard InChI is InChI=1S/C20H24N2O2/c1-24-18-11-9-17(10-12-18)20(16-7-3-2-4-8-16)21-19(23)15-22-13-5-6-14-22/h2-4,7-12,20H,5-6,13-15H2,1H3,(H,21,23)/t20-/m1/s1. The van der Waals surface area contributed by atoms with E-state index in [1.165, 1.54) is 12.8 Å². The highest BCUT2D eigenvalue weighted by atomic mass is 16.5. The van der Waals surface area contributed by atoms with E-state index in [0.29, 0.717) is 6.54 Å². The van der Waals surface area contributed by atoms with Gasteiger partial charge in [0, 0.05) is 0 Å². The molecule has 0 aromatic heterocycles. The Hall–Kier alpha value is -2.33. The van der Waals surface area contributed by atoms with E-state index < -0.39 is 0 Å². The molecule has 2 aromatic rings. The van der Waals surface area contributed by atoms with Crippen molar-refractivity contribution in [3.05, 3.63) is 65.7 Å². The van der Waals surface area contributed by atoms with Gasteiger partial charge in [-0.2, -0.15) is 0 Å². The van der Waals surface area contributed by atoms with Crippen molar-refractivity contribution in [2.75, 3.05) is 26.7 Å². The predicted molar refractivity (Wildman–Crippen MR) is 95.1 cm³/mol. The molecule has 1 atom stereocenters. The minimum Gasteiger partial charge on any atom is -0.497 e. The topological polar surface area (TPSA) is 41.6 Å². The molecule has 0 unspecified atom stereocenters. The van der Waals surface area contributed by atoms with Crippen LogP contribution in [0.5, 0.6) is 5.75 Å². The monoisotopic (exact) mass is 324 g/mol. The summed E-state index contributed by atoms with van der Waals surface area (Å²) in [6.07, 6.45) is 2.38. The zero-order chi connectivity index (χ0) is 16.8. The van der Waals surface area contributed by atoms with E-state index in [4.69, 9.17) is 4.74 Å².